The van der Waals surface area contributed by atoms with Crippen LogP contribution in [0.1, 0.15) is 24.5 Å². The third-order valence-corrected chi connectivity index (χ3v) is 3.66. The summed E-state index contributed by atoms with van der Waals surface area (Å²) in [6.07, 6.45) is 0.635. The number of carboxylic acids is 1. The van der Waals surface area contributed by atoms with E-state index >= 15 is 0 Å². The SMILES string of the molecule is COc1ccc(N(C)CCC(C)C(=O)O)c(C)c1C. The molecule has 1 aromatic rings. The van der Waals surface area contributed by atoms with Crippen molar-refractivity contribution in [3.63, 3.8) is 0 Å². The van der Waals surface area contributed by atoms with E-state index in [0.717, 1.165) is 23.5 Å². The molecule has 1 aromatic carbocycles. The first-order valence-electron chi connectivity index (χ1n) is 6.46. The van der Waals surface area contributed by atoms with Gasteiger partial charge in [0.15, 0.2) is 0 Å². The minimum absolute atomic E-state index is 0.317. The van der Waals surface area contributed by atoms with Crippen LogP contribution in [-0.2, 0) is 4.79 Å². The number of carbonyl (C=O) groups is 1. The maximum atomic E-state index is 10.8. The maximum Gasteiger partial charge on any atom is 0.306 e. The number of methoxy groups -OCH3 is 1. The van der Waals surface area contributed by atoms with E-state index in [2.05, 4.69) is 11.8 Å². The van der Waals surface area contributed by atoms with Crippen molar-refractivity contribution in [3.05, 3.63) is 23.3 Å². The van der Waals surface area contributed by atoms with E-state index in [9.17, 15) is 4.79 Å². The van der Waals surface area contributed by atoms with Crippen LogP contribution in [0.4, 0.5) is 5.69 Å². The number of ether oxygens (including phenoxy) is 1. The molecule has 0 fully saturated rings. The van der Waals surface area contributed by atoms with Crippen LogP contribution in [0.15, 0.2) is 12.1 Å². The molecule has 0 aliphatic carbocycles. The molecule has 106 valence electrons. The van der Waals surface area contributed by atoms with Crippen molar-refractivity contribution in [1.29, 1.82) is 0 Å². The number of benzene rings is 1. The van der Waals surface area contributed by atoms with Crippen molar-refractivity contribution >= 4 is 11.7 Å². The van der Waals surface area contributed by atoms with Gasteiger partial charge in [-0.1, -0.05) is 6.92 Å². The first kappa shape index (κ1) is 15.3. The van der Waals surface area contributed by atoms with Gasteiger partial charge in [-0.25, -0.2) is 0 Å². The quantitative estimate of drug-likeness (QED) is 0.859. The van der Waals surface area contributed by atoms with Crippen LogP contribution in [0.5, 0.6) is 5.75 Å². The van der Waals surface area contributed by atoms with Gasteiger partial charge in [0.25, 0.3) is 0 Å². The number of hydrogen-bond donors (Lipinski definition) is 1. The molecule has 1 N–H and O–H groups in total. The monoisotopic (exact) mass is 265 g/mol. The summed E-state index contributed by atoms with van der Waals surface area (Å²) >= 11 is 0. The molecule has 19 heavy (non-hydrogen) atoms. The molecule has 0 heterocycles. The molecule has 4 nitrogen and oxygen atoms in total. The van der Waals surface area contributed by atoms with Crippen molar-refractivity contribution in [2.24, 2.45) is 5.92 Å². The van der Waals surface area contributed by atoms with Gasteiger partial charge in [-0.05, 0) is 43.5 Å². The van der Waals surface area contributed by atoms with Gasteiger partial charge in [0, 0.05) is 19.3 Å². The summed E-state index contributed by atoms with van der Waals surface area (Å²) in [5.41, 5.74) is 3.42. The number of rotatable bonds is 6. The van der Waals surface area contributed by atoms with Crippen LogP contribution in [0.3, 0.4) is 0 Å². The number of aliphatic carboxylic acids is 1. The lowest BCUT2D eigenvalue weighted by molar-refractivity contribution is -0.141. The van der Waals surface area contributed by atoms with Gasteiger partial charge in [0.2, 0.25) is 0 Å². The molecule has 0 spiro atoms. The highest BCUT2D eigenvalue weighted by Crippen LogP contribution is 2.29. The minimum atomic E-state index is -0.740. The van der Waals surface area contributed by atoms with Crippen LogP contribution < -0.4 is 9.64 Å². The Morgan fingerprint density at radius 3 is 2.53 bits per heavy atom. The fourth-order valence-electron chi connectivity index (χ4n) is 2.05. The van der Waals surface area contributed by atoms with Gasteiger partial charge in [-0.3, -0.25) is 4.79 Å². The van der Waals surface area contributed by atoms with Gasteiger partial charge >= 0.3 is 5.97 Å². The second-order valence-corrected chi connectivity index (χ2v) is 4.99. The summed E-state index contributed by atoms with van der Waals surface area (Å²) in [4.78, 5) is 12.9. The lowest BCUT2D eigenvalue weighted by Gasteiger charge is -2.24. The maximum absolute atomic E-state index is 10.8. The molecule has 0 aliphatic heterocycles. The molecule has 0 bridgehead atoms. The molecule has 0 radical (unpaired) electrons. The first-order valence-corrected chi connectivity index (χ1v) is 6.46. The summed E-state index contributed by atoms with van der Waals surface area (Å²) in [6.45, 7) is 6.55. The Balaban J connectivity index is 2.80. The lowest BCUT2D eigenvalue weighted by atomic mass is 10.0. The second kappa shape index (κ2) is 6.45. The zero-order chi connectivity index (χ0) is 14.6. The normalized spacial score (nSPS) is 12.1. The number of hydrogen-bond acceptors (Lipinski definition) is 3. The van der Waals surface area contributed by atoms with E-state index < -0.39 is 5.97 Å². The topological polar surface area (TPSA) is 49.8 Å². The zero-order valence-electron chi connectivity index (χ0n) is 12.4. The Bertz CT molecular complexity index is 457. The second-order valence-electron chi connectivity index (χ2n) is 4.99. The molecule has 1 atom stereocenters. The Morgan fingerprint density at radius 2 is 2.00 bits per heavy atom. The molecule has 0 saturated heterocycles. The largest absolute Gasteiger partial charge is 0.496 e. The van der Waals surface area contributed by atoms with E-state index in [1.54, 1.807) is 14.0 Å². The van der Waals surface area contributed by atoms with Gasteiger partial charge < -0.3 is 14.7 Å². The van der Waals surface area contributed by atoms with E-state index in [-0.39, 0.29) is 5.92 Å². The molecule has 4 heteroatoms. The van der Waals surface area contributed by atoms with E-state index in [0.29, 0.717) is 6.42 Å². The fourth-order valence-corrected chi connectivity index (χ4v) is 2.05. The van der Waals surface area contributed by atoms with Crippen molar-refractivity contribution < 1.29 is 14.6 Å². The van der Waals surface area contributed by atoms with Crippen molar-refractivity contribution in [2.45, 2.75) is 27.2 Å². The average Bonchev–Trinajstić information content (AvgIpc) is 2.38. The van der Waals surface area contributed by atoms with Crippen LogP contribution in [0.2, 0.25) is 0 Å². The number of carboxylic acid groups (broad SMARTS) is 1. The molecule has 0 saturated carbocycles. The van der Waals surface area contributed by atoms with Crippen LogP contribution in [-0.4, -0.2) is 31.8 Å². The highest BCUT2D eigenvalue weighted by atomic mass is 16.5. The lowest BCUT2D eigenvalue weighted by Crippen LogP contribution is -2.23. The Kier molecular flexibility index (Phi) is 5.21. The molecule has 0 amide bonds. The molecule has 1 rings (SSSR count). The Morgan fingerprint density at radius 1 is 1.37 bits per heavy atom. The zero-order valence-corrected chi connectivity index (χ0v) is 12.4. The molecular formula is C15H23NO3. The van der Waals surface area contributed by atoms with Gasteiger partial charge in [-0.2, -0.15) is 0 Å². The Labute approximate surface area is 115 Å². The summed E-state index contributed by atoms with van der Waals surface area (Å²) in [5.74, 6) is -0.174. The predicted octanol–water partition coefficient (Wildman–Crippen LogP) is 2.86. The third-order valence-electron chi connectivity index (χ3n) is 3.66. The van der Waals surface area contributed by atoms with Crippen LogP contribution in [0, 0.1) is 19.8 Å². The first-order chi connectivity index (χ1) is 8.88. The smallest absolute Gasteiger partial charge is 0.306 e. The Hall–Kier alpha value is -1.71. The number of anilines is 1. The molecular weight excluding hydrogens is 242 g/mol. The van der Waals surface area contributed by atoms with Gasteiger partial charge in [0.05, 0.1) is 13.0 Å². The fraction of sp³-hybridized carbons (Fsp3) is 0.533. The minimum Gasteiger partial charge on any atom is -0.496 e. The highest BCUT2D eigenvalue weighted by Gasteiger charge is 2.14. The van der Waals surface area contributed by atoms with Crippen LogP contribution in [0.25, 0.3) is 0 Å². The van der Waals surface area contributed by atoms with E-state index in [4.69, 9.17) is 9.84 Å². The summed E-state index contributed by atoms with van der Waals surface area (Å²) < 4.78 is 5.29. The summed E-state index contributed by atoms with van der Waals surface area (Å²) in [7, 11) is 3.66. The van der Waals surface area contributed by atoms with Crippen molar-refractivity contribution in [2.75, 3.05) is 25.6 Å². The predicted molar refractivity (Wildman–Crippen MR) is 77.2 cm³/mol. The van der Waals surface area contributed by atoms with Crippen molar-refractivity contribution in [3.8, 4) is 5.75 Å². The highest BCUT2D eigenvalue weighted by molar-refractivity contribution is 5.69. The van der Waals surface area contributed by atoms with E-state index in [1.165, 1.54) is 5.56 Å². The molecule has 0 aliphatic rings. The molecule has 0 aromatic heterocycles. The standard InChI is InChI=1S/C15H23NO3/c1-10(15(17)18)8-9-16(4)13-6-7-14(19-5)12(3)11(13)2/h6-7,10H,8-9H2,1-5H3,(H,17,18). The average molecular weight is 265 g/mol. The molecule has 1 unspecified atom stereocenters. The summed E-state index contributed by atoms with van der Waals surface area (Å²) in [6, 6.07) is 3.97. The van der Waals surface area contributed by atoms with Crippen LogP contribution >= 0.6 is 0 Å². The number of nitrogens with zero attached hydrogens (tertiary/aromatic N) is 1. The van der Waals surface area contributed by atoms with Gasteiger partial charge in [0.1, 0.15) is 5.75 Å². The van der Waals surface area contributed by atoms with E-state index in [1.807, 2.05) is 26.1 Å². The summed E-state index contributed by atoms with van der Waals surface area (Å²) in [5, 5.41) is 8.90. The third kappa shape index (κ3) is 3.63. The van der Waals surface area contributed by atoms with Crippen molar-refractivity contribution in [1.82, 2.24) is 0 Å². The van der Waals surface area contributed by atoms with Gasteiger partial charge in [-0.15, -0.1) is 0 Å².